The van der Waals surface area contributed by atoms with Crippen molar-refractivity contribution in [1.82, 2.24) is 10.3 Å². The number of rotatable bonds is 8. The molecule has 4 rings (SSSR count). The van der Waals surface area contributed by atoms with Crippen LogP contribution >= 0.6 is 12.6 Å². The van der Waals surface area contributed by atoms with E-state index in [4.69, 9.17) is 0 Å². The number of benzene rings is 3. The minimum absolute atomic E-state index is 0.111. The number of amides is 1. The van der Waals surface area contributed by atoms with Gasteiger partial charge in [0.25, 0.3) is 0 Å². The van der Waals surface area contributed by atoms with Gasteiger partial charge in [-0.05, 0) is 33.9 Å². The van der Waals surface area contributed by atoms with E-state index in [-0.39, 0.29) is 18.2 Å². The predicted molar refractivity (Wildman–Crippen MR) is 131 cm³/mol. The van der Waals surface area contributed by atoms with Crippen molar-refractivity contribution < 1.29 is 14.7 Å². The van der Waals surface area contributed by atoms with Crippen molar-refractivity contribution in [2.24, 2.45) is 5.92 Å². The van der Waals surface area contributed by atoms with Gasteiger partial charge in [-0.1, -0.05) is 67.6 Å². The molecular formula is C26H26N2O3S. The van der Waals surface area contributed by atoms with Crippen molar-refractivity contribution in [3.05, 3.63) is 84.1 Å². The molecule has 1 heterocycles. The summed E-state index contributed by atoms with van der Waals surface area (Å²) in [6, 6.07) is 20.9. The fraction of sp³-hybridized carbons (Fsp3) is 0.231. The summed E-state index contributed by atoms with van der Waals surface area (Å²) in [5.74, 6) is -1.60. The predicted octanol–water partition coefficient (Wildman–Crippen LogP) is 4.78. The molecule has 3 unspecified atom stereocenters. The molecule has 32 heavy (non-hydrogen) atoms. The number of fused-ring (bicyclic) bond motifs is 2. The summed E-state index contributed by atoms with van der Waals surface area (Å²) >= 11 is 4.42. The Morgan fingerprint density at radius 3 is 2.50 bits per heavy atom. The third kappa shape index (κ3) is 4.50. The number of aromatic amines is 1. The Labute approximate surface area is 192 Å². The van der Waals surface area contributed by atoms with Crippen LogP contribution in [0.25, 0.3) is 21.7 Å². The largest absolute Gasteiger partial charge is 0.480 e. The van der Waals surface area contributed by atoms with Gasteiger partial charge in [-0.3, -0.25) is 4.79 Å². The van der Waals surface area contributed by atoms with E-state index in [1.54, 1.807) is 6.20 Å². The number of aromatic nitrogens is 1. The van der Waals surface area contributed by atoms with Crippen molar-refractivity contribution in [1.29, 1.82) is 0 Å². The van der Waals surface area contributed by atoms with Gasteiger partial charge in [0, 0.05) is 29.3 Å². The Morgan fingerprint density at radius 1 is 1.03 bits per heavy atom. The van der Waals surface area contributed by atoms with Gasteiger partial charge >= 0.3 is 5.97 Å². The van der Waals surface area contributed by atoms with Crippen LogP contribution in [0.15, 0.2) is 72.9 Å². The number of carbonyl (C=O) groups excluding carboxylic acids is 1. The van der Waals surface area contributed by atoms with Crippen LogP contribution in [0, 0.1) is 5.92 Å². The second-order valence-electron chi connectivity index (χ2n) is 8.15. The van der Waals surface area contributed by atoms with Gasteiger partial charge in [-0.15, -0.1) is 0 Å². The number of H-pyrrole nitrogens is 1. The SMILES string of the molecule is CC(c1ccc2ccccc2c1)C(CS)C(=O)NC(Cc1c[nH]c2ccccc12)C(=O)O. The Morgan fingerprint density at radius 2 is 1.75 bits per heavy atom. The van der Waals surface area contributed by atoms with E-state index in [9.17, 15) is 14.7 Å². The Balaban J connectivity index is 1.52. The Bertz CT molecular complexity index is 1270. The quantitative estimate of drug-likeness (QED) is 0.294. The van der Waals surface area contributed by atoms with Gasteiger partial charge in [0.1, 0.15) is 6.04 Å². The molecule has 3 N–H and O–H groups in total. The van der Waals surface area contributed by atoms with Gasteiger partial charge in [0.05, 0.1) is 5.92 Å². The molecule has 0 radical (unpaired) electrons. The maximum atomic E-state index is 13.1. The summed E-state index contributed by atoms with van der Waals surface area (Å²) in [5.41, 5.74) is 2.83. The molecule has 3 atom stereocenters. The van der Waals surface area contributed by atoms with Crippen molar-refractivity contribution in [3.63, 3.8) is 0 Å². The normalized spacial score (nSPS) is 14.2. The van der Waals surface area contributed by atoms with Gasteiger partial charge in [0.15, 0.2) is 0 Å². The summed E-state index contributed by atoms with van der Waals surface area (Å²) in [4.78, 5) is 28.2. The van der Waals surface area contributed by atoms with Gasteiger partial charge in [-0.25, -0.2) is 4.79 Å². The lowest BCUT2D eigenvalue weighted by molar-refractivity contribution is -0.142. The summed E-state index contributed by atoms with van der Waals surface area (Å²) in [5, 5.41) is 15.7. The van der Waals surface area contributed by atoms with E-state index in [2.05, 4.69) is 35.1 Å². The molecule has 0 aliphatic carbocycles. The first-order valence-corrected chi connectivity index (χ1v) is 11.3. The highest BCUT2D eigenvalue weighted by Gasteiger charge is 2.29. The molecule has 4 aromatic rings. The highest BCUT2D eigenvalue weighted by atomic mass is 32.1. The summed E-state index contributed by atoms with van der Waals surface area (Å²) in [6.45, 7) is 1.99. The summed E-state index contributed by atoms with van der Waals surface area (Å²) < 4.78 is 0. The fourth-order valence-corrected chi connectivity index (χ4v) is 4.67. The molecular weight excluding hydrogens is 420 g/mol. The standard InChI is InChI=1S/C26H26N2O3S/c1-16(18-11-10-17-6-2-3-7-19(17)12-18)22(15-32)25(29)28-24(26(30)31)13-20-14-27-23-9-5-4-8-21(20)23/h2-12,14,16,22,24,27,32H,13,15H2,1H3,(H,28,29)(H,30,31). The number of carboxylic acids is 1. The minimum Gasteiger partial charge on any atom is -0.480 e. The van der Waals surface area contributed by atoms with E-state index in [0.717, 1.165) is 32.8 Å². The zero-order chi connectivity index (χ0) is 22.7. The molecule has 0 saturated heterocycles. The highest BCUT2D eigenvalue weighted by Crippen LogP contribution is 2.29. The van der Waals surface area contributed by atoms with E-state index >= 15 is 0 Å². The number of para-hydroxylation sites is 1. The number of hydrogen-bond acceptors (Lipinski definition) is 3. The van der Waals surface area contributed by atoms with Crippen LogP contribution in [0.5, 0.6) is 0 Å². The third-order valence-electron chi connectivity index (χ3n) is 6.15. The number of aliphatic carboxylic acids is 1. The Hall–Kier alpha value is -3.25. The molecule has 0 spiro atoms. The van der Waals surface area contributed by atoms with Crippen LogP contribution < -0.4 is 5.32 Å². The number of nitrogens with one attached hydrogen (secondary N) is 2. The van der Waals surface area contributed by atoms with Crippen LogP contribution in [-0.4, -0.2) is 33.8 Å². The van der Waals surface area contributed by atoms with E-state index in [0.29, 0.717) is 5.75 Å². The molecule has 3 aromatic carbocycles. The van der Waals surface area contributed by atoms with Gasteiger partial charge in [0.2, 0.25) is 5.91 Å². The molecule has 0 saturated carbocycles. The summed E-state index contributed by atoms with van der Waals surface area (Å²) in [6.07, 6.45) is 2.01. The number of carbonyl (C=O) groups is 2. The minimum atomic E-state index is -1.06. The molecule has 0 aliphatic heterocycles. The second kappa shape index (κ2) is 9.49. The van der Waals surface area contributed by atoms with Crippen LogP contribution in [-0.2, 0) is 16.0 Å². The average molecular weight is 447 g/mol. The zero-order valence-electron chi connectivity index (χ0n) is 17.8. The zero-order valence-corrected chi connectivity index (χ0v) is 18.7. The van der Waals surface area contributed by atoms with Crippen molar-refractivity contribution in [2.75, 3.05) is 5.75 Å². The third-order valence-corrected chi connectivity index (χ3v) is 6.54. The van der Waals surface area contributed by atoms with Gasteiger partial charge < -0.3 is 15.4 Å². The van der Waals surface area contributed by atoms with Crippen molar-refractivity contribution in [2.45, 2.75) is 25.3 Å². The average Bonchev–Trinajstić information content (AvgIpc) is 3.21. The first-order chi connectivity index (χ1) is 15.5. The molecule has 6 heteroatoms. The van der Waals surface area contributed by atoms with Gasteiger partial charge in [-0.2, -0.15) is 12.6 Å². The lowest BCUT2D eigenvalue weighted by atomic mass is 9.86. The lowest BCUT2D eigenvalue weighted by Crippen LogP contribution is -2.46. The fourth-order valence-electron chi connectivity index (χ4n) is 4.19. The topological polar surface area (TPSA) is 82.2 Å². The van der Waals surface area contributed by atoms with Crippen molar-refractivity contribution >= 4 is 46.2 Å². The highest BCUT2D eigenvalue weighted by molar-refractivity contribution is 7.80. The van der Waals surface area contributed by atoms with Crippen molar-refractivity contribution in [3.8, 4) is 0 Å². The maximum Gasteiger partial charge on any atom is 0.326 e. The number of carboxylic acid groups (broad SMARTS) is 1. The molecule has 0 bridgehead atoms. The number of thiol groups is 1. The molecule has 1 amide bonds. The lowest BCUT2D eigenvalue weighted by Gasteiger charge is -2.24. The molecule has 1 aromatic heterocycles. The first kappa shape index (κ1) is 22.0. The van der Waals surface area contributed by atoms with Crippen LogP contribution in [0.3, 0.4) is 0 Å². The van der Waals surface area contributed by atoms with E-state index in [1.807, 2.05) is 61.5 Å². The van der Waals surface area contributed by atoms with E-state index in [1.165, 1.54) is 0 Å². The molecule has 0 aliphatic rings. The van der Waals surface area contributed by atoms with Crippen LogP contribution in [0.2, 0.25) is 0 Å². The monoisotopic (exact) mass is 446 g/mol. The van der Waals surface area contributed by atoms with Crippen LogP contribution in [0.1, 0.15) is 24.0 Å². The maximum absolute atomic E-state index is 13.1. The smallest absolute Gasteiger partial charge is 0.326 e. The van der Waals surface area contributed by atoms with Crippen LogP contribution in [0.4, 0.5) is 0 Å². The molecule has 164 valence electrons. The summed E-state index contributed by atoms with van der Waals surface area (Å²) in [7, 11) is 0. The number of hydrogen-bond donors (Lipinski definition) is 4. The van der Waals surface area contributed by atoms with E-state index < -0.39 is 17.9 Å². The first-order valence-electron chi connectivity index (χ1n) is 10.7. The Kier molecular flexibility index (Phi) is 6.51. The molecule has 0 fully saturated rings. The second-order valence-corrected chi connectivity index (χ2v) is 8.51. The molecule has 5 nitrogen and oxygen atoms in total.